The van der Waals surface area contributed by atoms with Gasteiger partial charge in [0.15, 0.2) is 5.78 Å². The third-order valence-electron chi connectivity index (χ3n) is 7.78. The summed E-state index contributed by atoms with van der Waals surface area (Å²) < 4.78 is 41.8. The number of amides is 1. The number of alkyl halides is 3. The van der Waals surface area contributed by atoms with Gasteiger partial charge < -0.3 is 10.3 Å². The van der Waals surface area contributed by atoms with Gasteiger partial charge >= 0.3 is 6.18 Å². The van der Waals surface area contributed by atoms with Gasteiger partial charge in [-0.05, 0) is 97.3 Å². The average molecular weight is 563 g/mol. The minimum Gasteiger partial charge on any atom is -0.337 e. The lowest BCUT2D eigenvalue weighted by molar-refractivity contribution is -0.138. The van der Waals surface area contributed by atoms with Crippen LogP contribution in [0.25, 0.3) is 11.0 Å². The molecule has 1 fully saturated rings. The Bertz CT molecular complexity index is 1610. The van der Waals surface area contributed by atoms with Crippen molar-refractivity contribution in [3.8, 4) is 0 Å². The number of pyridine rings is 1. The fourth-order valence-corrected chi connectivity index (χ4v) is 5.42. The number of rotatable bonds is 8. The summed E-state index contributed by atoms with van der Waals surface area (Å²) in [6.07, 6.45) is -0.445. The number of fused-ring (bicyclic) bond motifs is 1. The number of carbonyl (C=O) groups excluding carboxylic acids is 2. The Morgan fingerprint density at radius 3 is 2.59 bits per heavy atom. The van der Waals surface area contributed by atoms with Crippen molar-refractivity contribution in [2.24, 2.45) is 5.92 Å². The molecule has 4 aromatic rings. The molecule has 1 unspecified atom stereocenters. The molecule has 0 saturated carbocycles. The highest BCUT2D eigenvalue weighted by atomic mass is 19.4. The van der Waals surface area contributed by atoms with Gasteiger partial charge in [0.1, 0.15) is 5.65 Å². The van der Waals surface area contributed by atoms with Crippen molar-refractivity contribution in [1.29, 1.82) is 0 Å². The zero-order valence-electron chi connectivity index (χ0n) is 23.4. The van der Waals surface area contributed by atoms with Crippen LogP contribution in [0.5, 0.6) is 0 Å². The quantitative estimate of drug-likeness (QED) is 0.227. The second kappa shape index (κ2) is 11.5. The molecule has 5 rings (SSSR count). The summed E-state index contributed by atoms with van der Waals surface area (Å²) in [5.74, 6) is -0.175. The summed E-state index contributed by atoms with van der Waals surface area (Å²) >= 11 is 0. The number of likely N-dealkylation sites (tertiary alicyclic amines) is 1. The van der Waals surface area contributed by atoms with Crippen LogP contribution < -0.4 is 5.32 Å². The van der Waals surface area contributed by atoms with Gasteiger partial charge in [0.05, 0.1) is 11.3 Å². The highest BCUT2D eigenvalue weighted by molar-refractivity contribution is 6.04. The second-order valence-corrected chi connectivity index (χ2v) is 11.1. The van der Waals surface area contributed by atoms with E-state index in [1.165, 1.54) is 19.1 Å². The number of aryl methyl sites for hydroxylation is 3. The molecule has 3 heterocycles. The van der Waals surface area contributed by atoms with E-state index in [0.717, 1.165) is 47.7 Å². The van der Waals surface area contributed by atoms with Crippen molar-refractivity contribution in [3.05, 3.63) is 93.8 Å². The van der Waals surface area contributed by atoms with E-state index < -0.39 is 17.6 Å². The van der Waals surface area contributed by atoms with Gasteiger partial charge in [-0.15, -0.1) is 0 Å². The molecule has 2 N–H and O–H groups in total. The lowest BCUT2D eigenvalue weighted by Crippen LogP contribution is -2.23. The maximum Gasteiger partial charge on any atom is 0.416 e. The number of carbonyl (C=O) groups is 2. The first kappa shape index (κ1) is 28.5. The Morgan fingerprint density at radius 1 is 1.07 bits per heavy atom. The fourth-order valence-electron chi connectivity index (χ4n) is 5.42. The fraction of sp³-hybridized carbons (Fsp3) is 0.344. The van der Waals surface area contributed by atoms with Crippen molar-refractivity contribution in [2.75, 3.05) is 18.4 Å². The molecule has 0 bridgehead atoms. The van der Waals surface area contributed by atoms with Crippen LogP contribution in [-0.2, 0) is 25.6 Å². The molecule has 9 heteroatoms. The molecule has 6 nitrogen and oxygen atoms in total. The van der Waals surface area contributed by atoms with E-state index >= 15 is 0 Å². The van der Waals surface area contributed by atoms with E-state index in [-0.39, 0.29) is 23.5 Å². The number of benzene rings is 2. The molecular formula is C32H33F3N4O2. The molecule has 41 heavy (non-hydrogen) atoms. The number of nitrogens with zero attached hydrogens (tertiary/aromatic N) is 2. The number of hydrogen-bond donors (Lipinski definition) is 2. The first-order chi connectivity index (χ1) is 19.5. The average Bonchev–Trinajstić information content (AvgIpc) is 3.54. The van der Waals surface area contributed by atoms with E-state index in [0.29, 0.717) is 35.8 Å². The van der Waals surface area contributed by atoms with Crippen LogP contribution in [0, 0.1) is 12.8 Å². The number of ketones is 1. The Balaban J connectivity index is 1.29. The van der Waals surface area contributed by atoms with Crippen LogP contribution in [0.15, 0.2) is 54.7 Å². The summed E-state index contributed by atoms with van der Waals surface area (Å²) in [5, 5.41) is 3.64. The van der Waals surface area contributed by atoms with Crippen LogP contribution in [0.3, 0.4) is 0 Å². The zero-order chi connectivity index (χ0) is 29.3. The molecule has 0 spiro atoms. The summed E-state index contributed by atoms with van der Waals surface area (Å²) in [6, 6.07) is 13.1. The van der Waals surface area contributed by atoms with Crippen molar-refractivity contribution < 1.29 is 22.8 Å². The minimum absolute atomic E-state index is 0.0335. The smallest absolute Gasteiger partial charge is 0.337 e. The van der Waals surface area contributed by atoms with Gasteiger partial charge in [-0.25, -0.2) is 4.98 Å². The Morgan fingerprint density at radius 2 is 1.88 bits per heavy atom. The topological polar surface area (TPSA) is 78.1 Å². The molecular weight excluding hydrogens is 529 g/mol. The number of H-pyrrole nitrogens is 1. The predicted molar refractivity (Wildman–Crippen MR) is 153 cm³/mol. The molecule has 1 aliphatic rings. The Hall–Kier alpha value is -3.98. The molecule has 214 valence electrons. The van der Waals surface area contributed by atoms with Gasteiger partial charge in [-0.3, -0.25) is 14.5 Å². The van der Waals surface area contributed by atoms with E-state index in [1.54, 1.807) is 18.3 Å². The summed E-state index contributed by atoms with van der Waals surface area (Å²) in [6.45, 7) is 7.33. The predicted octanol–water partition coefficient (Wildman–Crippen LogP) is 6.97. The van der Waals surface area contributed by atoms with E-state index in [9.17, 15) is 22.8 Å². The maximum atomic E-state index is 13.9. The Labute approximate surface area is 237 Å². The molecule has 0 radical (unpaired) electrons. The number of Topliss-reactive ketones (excluding diaryl/α,β-unsaturated/α-hetero) is 1. The monoisotopic (exact) mass is 562 g/mol. The third kappa shape index (κ3) is 6.68. The molecule has 1 atom stereocenters. The van der Waals surface area contributed by atoms with E-state index in [4.69, 9.17) is 0 Å². The van der Waals surface area contributed by atoms with Crippen molar-refractivity contribution in [1.82, 2.24) is 14.9 Å². The van der Waals surface area contributed by atoms with Crippen LogP contribution in [0.1, 0.15) is 68.9 Å². The number of hydrogen-bond acceptors (Lipinski definition) is 4. The third-order valence-corrected chi connectivity index (χ3v) is 7.78. The first-order valence-corrected chi connectivity index (χ1v) is 13.8. The molecule has 0 aliphatic carbocycles. The van der Waals surface area contributed by atoms with Crippen LogP contribution in [0.4, 0.5) is 18.9 Å². The number of nitrogens with one attached hydrogen (secondary N) is 2. The molecule has 2 aromatic heterocycles. The standard InChI is InChI=1S/C32H33F3N4O2/c1-19-10-11-39(17-19)18-25-8-7-24(14-28(25)32(33,34)35)31(41)37-27-9-4-20(2)23(13-27)6-5-22-12-26-15-29(21(3)40)38-30(26)36-16-22/h4,7-9,12-16,19H,5-6,10-11,17-18H2,1-3H3,(H,36,38)(H,37,41). The number of aromatic nitrogens is 2. The SMILES string of the molecule is CC(=O)c1cc2cc(CCc3cc(NC(=O)c4ccc(CN5CCC(C)C5)c(C(F)(F)F)c4)ccc3C)cnc2[nH]1. The molecule has 2 aromatic carbocycles. The Kier molecular flexibility index (Phi) is 8.00. The summed E-state index contributed by atoms with van der Waals surface area (Å²) in [7, 11) is 0. The van der Waals surface area contributed by atoms with Crippen molar-refractivity contribution >= 4 is 28.4 Å². The van der Waals surface area contributed by atoms with Crippen molar-refractivity contribution in [2.45, 2.75) is 52.8 Å². The van der Waals surface area contributed by atoms with E-state index in [2.05, 4.69) is 22.2 Å². The lowest BCUT2D eigenvalue weighted by Gasteiger charge is -2.20. The van der Waals surface area contributed by atoms with Crippen molar-refractivity contribution in [3.63, 3.8) is 0 Å². The van der Waals surface area contributed by atoms with Gasteiger partial charge in [0.25, 0.3) is 5.91 Å². The molecule has 1 amide bonds. The summed E-state index contributed by atoms with van der Waals surface area (Å²) in [4.78, 5) is 34.1. The van der Waals surface area contributed by atoms with Gasteiger partial charge in [0, 0.05) is 42.8 Å². The van der Waals surface area contributed by atoms with Gasteiger partial charge in [-0.1, -0.05) is 19.1 Å². The second-order valence-electron chi connectivity index (χ2n) is 11.1. The lowest BCUT2D eigenvalue weighted by atomic mass is 10.00. The van der Waals surface area contributed by atoms with Gasteiger partial charge in [-0.2, -0.15) is 13.2 Å². The van der Waals surface area contributed by atoms with Gasteiger partial charge in [0.2, 0.25) is 0 Å². The number of anilines is 1. The number of halogens is 3. The molecule has 1 aliphatic heterocycles. The highest BCUT2D eigenvalue weighted by Gasteiger charge is 2.35. The summed E-state index contributed by atoms with van der Waals surface area (Å²) in [5.41, 5.74) is 4.13. The largest absolute Gasteiger partial charge is 0.416 e. The maximum absolute atomic E-state index is 13.9. The molecule has 1 saturated heterocycles. The van der Waals surface area contributed by atoms with Crippen LogP contribution >= 0.6 is 0 Å². The zero-order valence-corrected chi connectivity index (χ0v) is 23.4. The van der Waals surface area contributed by atoms with Crippen LogP contribution in [-0.4, -0.2) is 39.6 Å². The van der Waals surface area contributed by atoms with Crippen LogP contribution in [0.2, 0.25) is 0 Å². The first-order valence-electron chi connectivity index (χ1n) is 13.8. The normalized spacial score (nSPS) is 15.9. The highest BCUT2D eigenvalue weighted by Crippen LogP contribution is 2.34. The van der Waals surface area contributed by atoms with E-state index in [1.807, 2.05) is 30.0 Å². The number of aromatic amines is 1. The minimum atomic E-state index is -4.56.